The molecule has 1 heterocycles. The third kappa shape index (κ3) is 4.28. The Morgan fingerprint density at radius 3 is 2.46 bits per heavy atom. The van der Waals surface area contributed by atoms with Crippen LogP contribution in [0.3, 0.4) is 0 Å². The Morgan fingerprint density at radius 2 is 1.92 bits per heavy atom. The molecule has 0 radical (unpaired) electrons. The van der Waals surface area contributed by atoms with Crippen molar-refractivity contribution < 1.29 is 9.53 Å². The van der Waals surface area contributed by atoms with E-state index in [1.54, 1.807) is 23.0 Å². The van der Waals surface area contributed by atoms with Crippen LogP contribution in [-0.4, -0.2) is 44.1 Å². The molecule has 0 saturated carbocycles. The Hall–Kier alpha value is -1.57. The topological polar surface area (TPSA) is 45.7 Å². The van der Waals surface area contributed by atoms with Crippen molar-refractivity contribution in [2.75, 3.05) is 33.2 Å². The maximum absolute atomic E-state index is 12.1. The number of anilines is 1. The molecule has 2 aromatic rings. The van der Waals surface area contributed by atoms with Gasteiger partial charge in [-0.15, -0.1) is 0 Å². The Labute approximate surface area is 158 Å². The SMILES string of the molecule is COC(=O)C(=CN(C)C)N(C)c1nc(-c2ccc(Cl)cc2)c(Br)s1. The molecule has 2 rings (SSSR count). The van der Waals surface area contributed by atoms with Gasteiger partial charge in [-0.1, -0.05) is 35.1 Å². The number of esters is 1. The summed E-state index contributed by atoms with van der Waals surface area (Å²) >= 11 is 10.9. The first-order chi connectivity index (χ1) is 11.3. The van der Waals surface area contributed by atoms with E-state index in [9.17, 15) is 4.79 Å². The van der Waals surface area contributed by atoms with Crippen molar-refractivity contribution in [3.8, 4) is 11.3 Å². The minimum absolute atomic E-state index is 0.395. The van der Waals surface area contributed by atoms with Gasteiger partial charge in [0.1, 0.15) is 5.70 Å². The number of likely N-dealkylation sites (N-methyl/N-ethyl adjacent to an activating group) is 1. The Morgan fingerprint density at radius 1 is 1.29 bits per heavy atom. The predicted molar refractivity (Wildman–Crippen MR) is 102 cm³/mol. The summed E-state index contributed by atoms with van der Waals surface area (Å²) in [6, 6.07) is 7.45. The number of halogens is 2. The van der Waals surface area contributed by atoms with Crippen molar-refractivity contribution in [1.82, 2.24) is 9.88 Å². The summed E-state index contributed by atoms with van der Waals surface area (Å²) in [6.45, 7) is 0. The molecule has 0 atom stereocenters. The number of thiazole rings is 1. The number of aromatic nitrogens is 1. The smallest absolute Gasteiger partial charge is 0.356 e. The van der Waals surface area contributed by atoms with Crippen LogP contribution in [0, 0.1) is 0 Å². The summed E-state index contributed by atoms with van der Waals surface area (Å²) in [7, 11) is 6.82. The van der Waals surface area contributed by atoms with Gasteiger partial charge in [0, 0.05) is 37.9 Å². The minimum atomic E-state index is -0.425. The fourth-order valence-corrected chi connectivity index (χ4v) is 3.62. The molecular weight excluding hydrogens is 414 g/mol. The molecule has 0 amide bonds. The molecule has 1 aromatic carbocycles. The van der Waals surface area contributed by atoms with Crippen LogP contribution in [0.15, 0.2) is 39.9 Å². The second-order valence-electron chi connectivity index (χ2n) is 5.15. The first kappa shape index (κ1) is 18.8. The fraction of sp³-hybridized carbons (Fsp3) is 0.250. The van der Waals surface area contributed by atoms with Gasteiger partial charge in [-0.3, -0.25) is 0 Å². The first-order valence-electron chi connectivity index (χ1n) is 6.96. The van der Waals surface area contributed by atoms with E-state index in [0.717, 1.165) is 15.0 Å². The van der Waals surface area contributed by atoms with Crippen molar-refractivity contribution in [2.24, 2.45) is 0 Å². The molecule has 128 valence electrons. The average Bonchev–Trinajstić information content (AvgIpc) is 2.93. The van der Waals surface area contributed by atoms with Crippen LogP contribution in [-0.2, 0) is 9.53 Å². The van der Waals surface area contributed by atoms with Crippen LogP contribution < -0.4 is 4.90 Å². The molecule has 1 aromatic heterocycles. The molecule has 5 nitrogen and oxygen atoms in total. The predicted octanol–water partition coefficient (Wildman–Crippen LogP) is 4.24. The summed E-state index contributed by atoms with van der Waals surface area (Å²) in [4.78, 5) is 20.2. The quantitative estimate of drug-likeness (QED) is 0.524. The monoisotopic (exact) mass is 429 g/mol. The summed E-state index contributed by atoms with van der Waals surface area (Å²) < 4.78 is 5.74. The lowest BCUT2D eigenvalue weighted by molar-refractivity contribution is -0.136. The van der Waals surface area contributed by atoms with Crippen molar-refractivity contribution in [3.05, 3.63) is 45.0 Å². The maximum atomic E-state index is 12.1. The van der Waals surface area contributed by atoms with Gasteiger partial charge in [0.25, 0.3) is 0 Å². The van der Waals surface area contributed by atoms with E-state index in [-0.39, 0.29) is 0 Å². The number of ether oxygens (including phenoxy) is 1. The van der Waals surface area contributed by atoms with Crippen LogP contribution in [0.5, 0.6) is 0 Å². The zero-order valence-electron chi connectivity index (χ0n) is 13.7. The van der Waals surface area contributed by atoms with E-state index in [0.29, 0.717) is 15.9 Å². The molecule has 0 aliphatic heterocycles. The van der Waals surface area contributed by atoms with Crippen LogP contribution in [0.25, 0.3) is 11.3 Å². The molecule has 0 aliphatic carbocycles. The zero-order chi connectivity index (χ0) is 17.9. The molecule has 8 heteroatoms. The van der Waals surface area contributed by atoms with E-state index >= 15 is 0 Å². The number of carbonyl (C=O) groups is 1. The number of hydrogen-bond acceptors (Lipinski definition) is 6. The maximum Gasteiger partial charge on any atom is 0.356 e. The summed E-state index contributed by atoms with van der Waals surface area (Å²) in [6.07, 6.45) is 1.70. The molecular formula is C16H17BrClN3O2S. The largest absolute Gasteiger partial charge is 0.464 e. The summed E-state index contributed by atoms with van der Waals surface area (Å²) in [5.41, 5.74) is 2.14. The minimum Gasteiger partial charge on any atom is -0.464 e. The van der Waals surface area contributed by atoms with Crippen molar-refractivity contribution >= 4 is 50.0 Å². The molecule has 0 unspecified atom stereocenters. The normalized spacial score (nSPS) is 11.3. The van der Waals surface area contributed by atoms with Crippen molar-refractivity contribution in [1.29, 1.82) is 0 Å². The number of nitrogens with zero attached hydrogens (tertiary/aromatic N) is 3. The lowest BCUT2D eigenvalue weighted by Gasteiger charge is -2.19. The van der Waals surface area contributed by atoms with Gasteiger partial charge < -0.3 is 14.5 Å². The van der Waals surface area contributed by atoms with Crippen LogP contribution >= 0.6 is 38.9 Å². The standard InChI is InChI=1S/C16H17BrClN3O2S/c1-20(2)9-12(15(22)23-4)21(3)16-19-13(14(17)24-16)10-5-7-11(18)8-6-10/h5-9H,1-4H3. The number of hydrogen-bond donors (Lipinski definition) is 0. The number of methoxy groups -OCH3 is 1. The van der Waals surface area contributed by atoms with Crippen molar-refractivity contribution in [3.63, 3.8) is 0 Å². The summed E-state index contributed by atoms with van der Waals surface area (Å²) in [5.74, 6) is -0.425. The van der Waals surface area contributed by atoms with Crippen LogP contribution in [0.2, 0.25) is 5.02 Å². The van der Waals surface area contributed by atoms with Gasteiger partial charge in [-0.05, 0) is 28.1 Å². The molecule has 24 heavy (non-hydrogen) atoms. The highest BCUT2D eigenvalue weighted by Gasteiger charge is 2.21. The Kier molecular flexibility index (Phi) is 6.26. The summed E-state index contributed by atoms with van der Waals surface area (Å²) in [5, 5.41) is 1.34. The van der Waals surface area contributed by atoms with E-state index in [1.807, 2.05) is 38.4 Å². The molecule has 0 spiro atoms. The Bertz CT molecular complexity index is 759. The molecule has 0 fully saturated rings. The highest BCUT2D eigenvalue weighted by Crippen LogP contribution is 2.38. The van der Waals surface area contributed by atoms with E-state index < -0.39 is 5.97 Å². The third-order valence-electron chi connectivity index (χ3n) is 3.12. The average molecular weight is 431 g/mol. The first-order valence-corrected chi connectivity index (χ1v) is 8.94. The van der Waals surface area contributed by atoms with Crippen molar-refractivity contribution in [2.45, 2.75) is 0 Å². The Balaban J connectivity index is 2.40. The van der Waals surface area contributed by atoms with Gasteiger partial charge in [0.2, 0.25) is 0 Å². The van der Waals surface area contributed by atoms with E-state index in [2.05, 4.69) is 20.9 Å². The lowest BCUT2D eigenvalue weighted by atomic mass is 10.2. The number of benzene rings is 1. The third-order valence-corrected chi connectivity index (χ3v) is 5.15. The van der Waals surface area contributed by atoms with Gasteiger partial charge in [0.15, 0.2) is 5.13 Å². The highest BCUT2D eigenvalue weighted by molar-refractivity contribution is 9.11. The zero-order valence-corrected chi connectivity index (χ0v) is 16.9. The number of carbonyl (C=O) groups excluding carboxylic acids is 1. The lowest BCUT2D eigenvalue weighted by Crippen LogP contribution is -2.26. The second-order valence-corrected chi connectivity index (χ2v) is 7.89. The molecule has 0 N–H and O–H groups in total. The van der Waals surface area contributed by atoms with Gasteiger partial charge in [-0.25, -0.2) is 9.78 Å². The molecule has 0 saturated heterocycles. The highest BCUT2D eigenvalue weighted by atomic mass is 79.9. The van der Waals surface area contributed by atoms with Gasteiger partial charge in [-0.2, -0.15) is 0 Å². The van der Waals surface area contributed by atoms with Crippen LogP contribution in [0.1, 0.15) is 0 Å². The van der Waals surface area contributed by atoms with Gasteiger partial charge in [0.05, 0.1) is 16.6 Å². The van der Waals surface area contributed by atoms with Gasteiger partial charge >= 0.3 is 5.97 Å². The molecule has 0 aliphatic rings. The number of rotatable bonds is 5. The van der Waals surface area contributed by atoms with E-state index in [1.165, 1.54) is 18.4 Å². The van der Waals surface area contributed by atoms with Crippen LogP contribution in [0.4, 0.5) is 5.13 Å². The molecule has 0 bridgehead atoms. The fourth-order valence-electron chi connectivity index (χ4n) is 1.95. The van der Waals surface area contributed by atoms with E-state index in [4.69, 9.17) is 16.3 Å². The second kappa shape index (κ2) is 8.00.